The summed E-state index contributed by atoms with van der Waals surface area (Å²) >= 11 is 4.32. The number of aromatic nitrogens is 3. The number of H-pyrrole nitrogens is 1. The number of hydrogen-bond acceptors (Lipinski definition) is 4. The van der Waals surface area contributed by atoms with Crippen LogP contribution in [0.3, 0.4) is 0 Å². The van der Waals surface area contributed by atoms with E-state index in [2.05, 4.69) is 22.8 Å². The first-order valence-electron chi connectivity index (χ1n) is 6.98. The molecule has 0 aliphatic carbocycles. The van der Waals surface area contributed by atoms with Gasteiger partial charge >= 0.3 is 0 Å². The fourth-order valence-corrected chi connectivity index (χ4v) is 2.59. The van der Waals surface area contributed by atoms with E-state index < -0.39 is 4.16 Å². The zero-order valence-corrected chi connectivity index (χ0v) is 13.6. The molecule has 2 heterocycles. The van der Waals surface area contributed by atoms with Gasteiger partial charge in [-0.1, -0.05) is 32.0 Å². The number of nitrogens with one attached hydrogen (secondary N) is 1. The molecule has 116 valence electrons. The first-order chi connectivity index (χ1) is 10.5. The summed E-state index contributed by atoms with van der Waals surface area (Å²) in [5, 5.41) is 11.1. The van der Waals surface area contributed by atoms with Gasteiger partial charge in [-0.2, -0.15) is 5.21 Å². The first-order valence-corrected chi connectivity index (χ1v) is 7.38. The van der Waals surface area contributed by atoms with E-state index in [1.165, 1.54) is 11.0 Å². The van der Waals surface area contributed by atoms with Crippen LogP contribution in [0.2, 0.25) is 0 Å². The molecule has 2 N–H and O–H groups in total. The van der Waals surface area contributed by atoms with Crippen LogP contribution in [0, 0.1) is 6.92 Å². The van der Waals surface area contributed by atoms with Crippen LogP contribution in [0.15, 0.2) is 47.5 Å². The number of benzene rings is 1. The summed E-state index contributed by atoms with van der Waals surface area (Å²) < 4.78 is 0.648. The molecule has 0 saturated carbocycles. The molecule has 7 heteroatoms. The van der Waals surface area contributed by atoms with Gasteiger partial charge in [0.05, 0.1) is 17.4 Å². The van der Waals surface area contributed by atoms with E-state index in [4.69, 9.17) is 0 Å². The second-order valence-electron chi connectivity index (χ2n) is 4.47. The Bertz CT molecular complexity index is 824. The number of quaternary nitrogens is 1. The van der Waals surface area contributed by atoms with Crippen molar-refractivity contribution in [2.45, 2.75) is 20.8 Å². The maximum absolute atomic E-state index is 11.8. The molecule has 0 aliphatic heterocycles. The fourth-order valence-electron chi connectivity index (χ4n) is 2.23. The third-order valence-corrected chi connectivity index (χ3v) is 3.55. The van der Waals surface area contributed by atoms with Crippen molar-refractivity contribution in [2.75, 3.05) is 0 Å². The average molecular weight is 319 g/mol. The lowest BCUT2D eigenvalue weighted by Gasteiger charge is -2.23. The van der Waals surface area contributed by atoms with E-state index >= 15 is 0 Å². The van der Waals surface area contributed by atoms with E-state index in [1.54, 1.807) is 37.3 Å². The minimum atomic E-state index is -0.827. The molecular weight excluding hydrogens is 300 g/mol. The van der Waals surface area contributed by atoms with Crippen molar-refractivity contribution in [3.05, 3.63) is 58.8 Å². The molecule has 22 heavy (non-hydrogen) atoms. The van der Waals surface area contributed by atoms with Crippen molar-refractivity contribution >= 4 is 29.5 Å². The van der Waals surface area contributed by atoms with Gasteiger partial charge in [-0.3, -0.25) is 4.79 Å². The van der Waals surface area contributed by atoms with Gasteiger partial charge in [0.15, 0.2) is 0 Å². The molecule has 3 rings (SSSR count). The highest BCUT2D eigenvalue weighted by atomic mass is 32.1. The van der Waals surface area contributed by atoms with E-state index in [-0.39, 0.29) is 5.56 Å². The highest BCUT2D eigenvalue weighted by Crippen LogP contribution is 2.28. The minimum absolute atomic E-state index is 0.252. The number of para-hydroxylation sites is 1. The molecule has 6 nitrogen and oxygen atoms in total. The summed E-state index contributed by atoms with van der Waals surface area (Å²) in [6, 6.07) is 10.6. The zero-order valence-electron chi connectivity index (χ0n) is 12.7. The Balaban J connectivity index is 0.000000847. The molecule has 0 aliphatic rings. The van der Waals surface area contributed by atoms with Crippen LogP contribution in [0.4, 0.5) is 5.69 Å². The summed E-state index contributed by atoms with van der Waals surface area (Å²) in [5.41, 5.74) is 1.33. The molecule has 0 saturated heterocycles. The Hall–Kier alpha value is -2.09. The highest BCUT2D eigenvalue weighted by Gasteiger charge is 2.32. The van der Waals surface area contributed by atoms with Crippen LogP contribution in [-0.4, -0.2) is 19.9 Å². The Morgan fingerprint density at radius 2 is 1.91 bits per heavy atom. The Kier molecular flexibility index (Phi) is 4.70. The van der Waals surface area contributed by atoms with Gasteiger partial charge in [0.25, 0.3) is 5.56 Å². The summed E-state index contributed by atoms with van der Waals surface area (Å²) in [4.78, 5) is 18.4. The lowest BCUT2D eigenvalue weighted by molar-refractivity contribution is -0.0132. The van der Waals surface area contributed by atoms with E-state index in [0.29, 0.717) is 22.4 Å². The van der Waals surface area contributed by atoms with Crippen molar-refractivity contribution in [1.29, 1.82) is 0 Å². The maximum Gasteiger partial charge on any atom is 0.260 e. The predicted octanol–water partition coefficient (Wildman–Crippen LogP) is 3.06. The third-order valence-electron chi connectivity index (χ3n) is 3.14. The molecular formula is C15H19N4O2S+. The second-order valence-corrected chi connectivity index (χ2v) is 5.03. The number of hydrogen-bond donors (Lipinski definition) is 3. The molecule has 0 radical (unpaired) electrons. The third kappa shape index (κ3) is 2.66. The Morgan fingerprint density at radius 3 is 2.55 bits per heavy atom. The van der Waals surface area contributed by atoms with Crippen molar-refractivity contribution in [1.82, 2.24) is 18.8 Å². The Morgan fingerprint density at radius 1 is 1.27 bits per heavy atom. The molecule has 0 spiro atoms. The summed E-state index contributed by atoms with van der Waals surface area (Å²) in [7, 11) is 0. The second kappa shape index (κ2) is 6.35. The van der Waals surface area contributed by atoms with Crippen LogP contribution in [0.1, 0.15) is 19.5 Å². The standard InChI is InChI=1S/C13H12N4O2S.C2H6/c1-9-7-11-12(14-8-15-13(11)18)16(9)17(19,20)10-5-3-2-4-6-10;1-2/h2-8,19-20H,1H3;1-2H3/p+1. The normalized spacial score (nSPS) is 13.3. The van der Waals surface area contributed by atoms with E-state index in [0.717, 1.165) is 0 Å². The molecule has 1 atom stereocenters. The van der Waals surface area contributed by atoms with Gasteiger partial charge in [0.1, 0.15) is 12.8 Å². The number of aryl methyl sites for hydroxylation is 1. The predicted molar refractivity (Wildman–Crippen MR) is 90.8 cm³/mol. The first kappa shape index (κ1) is 16.3. The molecule has 1 aromatic carbocycles. The minimum Gasteiger partial charge on any atom is -0.313 e. The highest BCUT2D eigenvalue weighted by molar-refractivity contribution is 7.79. The van der Waals surface area contributed by atoms with Crippen molar-refractivity contribution in [3.63, 3.8) is 0 Å². The largest absolute Gasteiger partial charge is 0.313 e. The SMILES string of the molecule is CC.Cc1cc2c(=O)[nH]cnc2n1[N+](O)(S)c1ccccc1. The maximum atomic E-state index is 11.8. The molecule has 0 amide bonds. The number of fused-ring (bicyclic) bond motifs is 1. The van der Waals surface area contributed by atoms with Gasteiger partial charge in [0.2, 0.25) is 11.3 Å². The lowest BCUT2D eigenvalue weighted by atomic mass is 10.3. The van der Waals surface area contributed by atoms with Crippen molar-refractivity contribution < 1.29 is 5.21 Å². The summed E-state index contributed by atoms with van der Waals surface area (Å²) in [6.45, 7) is 5.78. The summed E-state index contributed by atoms with van der Waals surface area (Å²) in [6.07, 6.45) is 1.30. The van der Waals surface area contributed by atoms with Crippen molar-refractivity contribution in [3.8, 4) is 0 Å². The van der Waals surface area contributed by atoms with Gasteiger partial charge in [-0.25, -0.2) is 4.98 Å². The van der Waals surface area contributed by atoms with Gasteiger partial charge in [0, 0.05) is 16.3 Å². The van der Waals surface area contributed by atoms with Crippen LogP contribution in [0.5, 0.6) is 0 Å². The number of rotatable bonds is 2. The molecule has 3 aromatic rings. The number of thiol groups is 1. The average Bonchev–Trinajstić information content (AvgIpc) is 2.88. The van der Waals surface area contributed by atoms with Gasteiger partial charge in [-0.05, 0) is 13.0 Å². The molecule has 0 fully saturated rings. The smallest absolute Gasteiger partial charge is 0.260 e. The number of nitrogens with zero attached hydrogens (tertiary/aromatic N) is 3. The van der Waals surface area contributed by atoms with E-state index in [9.17, 15) is 10.0 Å². The van der Waals surface area contributed by atoms with Crippen molar-refractivity contribution in [2.24, 2.45) is 0 Å². The van der Waals surface area contributed by atoms with Gasteiger partial charge < -0.3 is 4.98 Å². The summed E-state index contributed by atoms with van der Waals surface area (Å²) in [5.74, 6) is 0. The monoisotopic (exact) mass is 319 g/mol. The van der Waals surface area contributed by atoms with E-state index in [1.807, 2.05) is 19.9 Å². The number of aromatic amines is 1. The molecule has 1 unspecified atom stereocenters. The molecule has 2 aromatic heterocycles. The van der Waals surface area contributed by atoms with Gasteiger partial charge in [-0.15, -0.1) is 4.68 Å². The Labute approximate surface area is 133 Å². The van der Waals surface area contributed by atoms with Crippen LogP contribution >= 0.6 is 12.8 Å². The van der Waals surface area contributed by atoms with Crippen LogP contribution < -0.4 is 9.72 Å². The lowest BCUT2D eigenvalue weighted by Crippen LogP contribution is -2.41. The topological polar surface area (TPSA) is 70.9 Å². The fraction of sp³-hybridized carbons (Fsp3) is 0.200. The quantitative estimate of drug-likeness (QED) is 0.386. The molecule has 0 bridgehead atoms. The zero-order chi connectivity index (χ0) is 16.3. The van der Waals surface area contributed by atoms with Crippen LogP contribution in [0.25, 0.3) is 11.0 Å². The van der Waals surface area contributed by atoms with Crippen LogP contribution in [-0.2, 0) is 0 Å².